The van der Waals surface area contributed by atoms with Crippen LogP contribution < -0.4 is 0 Å². The summed E-state index contributed by atoms with van der Waals surface area (Å²) >= 11 is 0. The molecule has 1 fully saturated rings. The van der Waals surface area contributed by atoms with Crippen molar-refractivity contribution in [1.82, 2.24) is 4.90 Å². The van der Waals surface area contributed by atoms with E-state index in [1.165, 1.54) is 0 Å². The van der Waals surface area contributed by atoms with Crippen LogP contribution in [0.5, 0.6) is 0 Å². The van der Waals surface area contributed by atoms with Gasteiger partial charge in [-0.3, -0.25) is 4.90 Å². The maximum absolute atomic E-state index is 10.6. The van der Waals surface area contributed by atoms with Gasteiger partial charge in [0.25, 0.3) is 0 Å². The molecule has 1 heterocycles. The van der Waals surface area contributed by atoms with Crippen molar-refractivity contribution in [3.8, 4) is 0 Å². The topological polar surface area (TPSA) is 81.0 Å². The molecule has 0 aliphatic carbocycles. The second-order valence-corrected chi connectivity index (χ2v) is 3.41. The molecule has 5 heteroatoms. The maximum Gasteiger partial charge on any atom is 0.407 e. The van der Waals surface area contributed by atoms with Crippen molar-refractivity contribution in [2.24, 2.45) is 0 Å². The molecular formula is C7H13NO4. The summed E-state index contributed by atoms with van der Waals surface area (Å²) < 4.78 is 0. The largest absolute Gasteiger partial charge is 0.465 e. The van der Waals surface area contributed by atoms with Gasteiger partial charge < -0.3 is 15.3 Å². The summed E-state index contributed by atoms with van der Waals surface area (Å²) in [6.45, 7) is 1.46. The number of likely N-dealkylation sites (tertiary alicyclic amines) is 1. The van der Waals surface area contributed by atoms with Crippen LogP contribution in [0.2, 0.25) is 0 Å². The minimum Gasteiger partial charge on any atom is -0.465 e. The van der Waals surface area contributed by atoms with Crippen LogP contribution in [0.3, 0.4) is 0 Å². The standard InChI is InChI=1S/C7H13NO4/c1-7(4-9)2-5(10)3-8(7)6(11)12/h5,9-10H,2-4H2,1H3,(H,11,12). The molecule has 5 nitrogen and oxygen atoms in total. The van der Waals surface area contributed by atoms with E-state index in [0.717, 1.165) is 4.90 Å². The van der Waals surface area contributed by atoms with Gasteiger partial charge >= 0.3 is 6.09 Å². The normalized spacial score (nSPS) is 35.6. The van der Waals surface area contributed by atoms with Crippen molar-refractivity contribution in [3.05, 3.63) is 0 Å². The number of hydrogen-bond donors (Lipinski definition) is 3. The second kappa shape index (κ2) is 2.91. The highest BCUT2D eigenvalue weighted by atomic mass is 16.4. The lowest BCUT2D eigenvalue weighted by molar-refractivity contribution is 0.0709. The molecule has 2 unspecified atom stereocenters. The third-order valence-electron chi connectivity index (χ3n) is 2.29. The van der Waals surface area contributed by atoms with Crippen LogP contribution in [-0.2, 0) is 0 Å². The van der Waals surface area contributed by atoms with Gasteiger partial charge in [-0.05, 0) is 6.92 Å². The van der Waals surface area contributed by atoms with Gasteiger partial charge in [0.2, 0.25) is 0 Å². The summed E-state index contributed by atoms with van der Waals surface area (Å²) in [6, 6.07) is 0. The summed E-state index contributed by atoms with van der Waals surface area (Å²) in [6.07, 6.45) is -1.45. The van der Waals surface area contributed by atoms with Gasteiger partial charge in [0, 0.05) is 6.42 Å². The first-order chi connectivity index (χ1) is 5.49. The molecule has 12 heavy (non-hydrogen) atoms. The molecular weight excluding hydrogens is 162 g/mol. The van der Waals surface area contributed by atoms with Crippen LogP contribution in [0.4, 0.5) is 4.79 Å². The summed E-state index contributed by atoms with van der Waals surface area (Å²) in [5, 5.41) is 26.8. The average Bonchev–Trinajstić information content (AvgIpc) is 2.27. The van der Waals surface area contributed by atoms with E-state index >= 15 is 0 Å². The van der Waals surface area contributed by atoms with Crippen molar-refractivity contribution < 1.29 is 20.1 Å². The highest BCUT2D eigenvalue weighted by Gasteiger charge is 2.43. The first kappa shape index (κ1) is 9.28. The molecule has 0 radical (unpaired) electrons. The quantitative estimate of drug-likeness (QED) is 0.501. The number of β-amino-alcohol motifs (C(OH)–C–C–N with tert-alkyl or cyclic N) is 1. The van der Waals surface area contributed by atoms with Gasteiger partial charge in [-0.15, -0.1) is 0 Å². The number of aliphatic hydroxyl groups excluding tert-OH is 2. The molecule has 0 bridgehead atoms. The Morgan fingerprint density at radius 1 is 1.75 bits per heavy atom. The Kier molecular flexibility index (Phi) is 2.25. The van der Waals surface area contributed by atoms with Gasteiger partial charge in [0.15, 0.2) is 0 Å². The second-order valence-electron chi connectivity index (χ2n) is 3.41. The Bertz CT molecular complexity index is 196. The van der Waals surface area contributed by atoms with Crippen molar-refractivity contribution in [3.63, 3.8) is 0 Å². The fourth-order valence-electron chi connectivity index (χ4n) is 1.57. The van der Waals surface area contributed by atoms with Crippen molar-refractivity contribution in [2.75, 3.05) is 13.2 Å². The molecule has 1 rings (SSSR count). The minimum absolute atomic E-state index is 0.0897. The summed E-state index contributed by atoms with van der Waals surface area (Å²) in [7, 11) is 0. The van der Waals surface area contributed by atoms with Crippen molar-refractivity contribution in [2.45, 2.75) is 25.0 Å². The van der Waals surface area contributed by atoms with E-state index < -0.39 is 17.7 Å². The van der Waals surface area contributed by atoms with Crippen LogP contribution in [0.25, 0.3) is 0 Å². The molecule has 1 saturated heterocycles. The zero-order valence-corrected chi connectivity index (χ0v) is 6.90. The summed E-state index contributed by atoms with van der Waals surface area (Å²) in [5.41, 5.74) is -0.814. The van der Waals surface area contributed by atoms with Crippen LogP contribution >= 0.6 is 0 Å². The van der Waals surface area contributed by atoms with Crippen LogP contribution in [0.1, 0.15) is 13.3 Å². The Labute approximate surface area is 70.2 Å². The zero-order chi connectivity index (χ0) is 9.35. The van der Waals surface area contributed by atoms with Crippen LogP contribution in [-0.4, -0.2) is 51.1 Å². The molecule has 0 aromatic carbocycles. The molecule has 3 N–H and O–H groups in total. The van der Waals surface area contributed by atoms with Gasteiger partial charge in [-0.2, -0.15) is 0 Å². The van der Waals surface area contributed by atoms with E-state index in [2.05, 4.69) is 0 Å². The molecule has 0 saturated carbocycles. The average molecular weight is 175 g/mol. The molecule has 0 spiro atoms. The Morgan fingerprint density at radius 3 is 2.67 bits per heavy atom. The molecule has 1 aliphatic heterocycles. The number of aliphatic hydroxyl groups is 2. The lowest BCUT2D eigenvalue weighted by Crippen LogP contribution is -2.47. The van der Waals surface area contributed by atoms with Crippen LogP contribution in [0, 0.1) is 0 Å². The highest BCUT2D eigenvalue weighted by molar-refractivity contribution is 5.66. The lowest BCUT2D eigenvalue weighted by atomic mass is 10.00. The van der Waals surface area contributed by atoms with E-state index in [1.807, 2.05) is 0 Å². The molecule has 1 aliphatic rings. The van der Waals surface area contributed by atoms with E-state index in [9.17, 15) is 9.90 Å². The number of carbonyl (C=O) groups is 1. The van der Waals surface area contributed by atoms with E-state index in [-0.39, 0.29) is 13.2 Å². The predicted octanol–water partition coefficient (Wildman–Crippen LogP) is -0.518. The van der Waals surface area contributed by atoms with Crippen molar-refractivity contribution in [1.29, 1.82) is 0 Å². The monoisotopic (exact) mass is 175 g/mol. The maximum atomic E-state index is 10.6. The molecule has 70 valence electrons. The Balaban J connectivity index is 2.78. The Hall–Kier alpha value is -0.810. The van der Waals surface area contributed by atoms with Crippen molar-refractivity contribution >= 4 is 6.09 Å². The predicted molar refractivity (Wildman–Crippen MR) is 40.8 cm³/mol. The van der Waals surface area contributed by atoms with Gasteiger partial charge in [-0.1, -0.05) is 0 Å². The fourth-order valence-corrected chi connectivity index (χ4v) is 1.57. The van der Waals surface area contributed by atoms with Gasteiger partial charge in [-0.25, -0.2) is 4.79 Å². The number of nitrogens with zero attached hydrogens (tertiary/aromatic N) is 1. The SMILES string of the molecule is CC1(CO)CC(O)CN1C(=O)O. The molecule has 1 amide bonds. The van der Waals surface area contributed by atoms with Gasteiger partial charge in [0.1, 0.15) is 0 Å². The number of hydrogen-bond acceptors (Lipinski definition) is 3. The van der Waals surface area contributed by atoms with E-state index in [1.54, 1.807) is 6.92 Å². The van der Waals surface area contributed by atoms with E-state index in [4.69, 9.17) is 10.2 Å². The lowest BCUT2D eigenvalue weighted by Gasteiger charge is -2.30. The fraction of sp³-hybridized carbons (Fsp3) is 0.857. The number of amides is 1. The third-order valence-corrected chi connectivity index (χ3v) is 2.29. The van der Waals surface area contributed by atoms with E-state index in [0.29, 0.717) is 6.42 Å². The number of rotatable bonds is 1. The molecule has 0 aromatic rings. The Morgan fingerprint density at radius 2 is 2.33 bits per heavy atom. The summed E-state index contributed by atoms with van der Waals surface area (Å²) in [5.74, 6) is 0. The highest BCUT2D eigenvalue weighted by Crippen LogP contribution is 2.28. The first-order valence-corrected chi connectivity index (χ1v) is 3.79. The number of carboxylic acid groups (broad SMARTS) is 1. The zero-order valence-electron chi connectivity index (χ0n) is 6.90. The third kappa shape index (κ3) is 1.37. The summed E-state index contributed by atoms with van der Waals surface area (Å²) in [4.78, 5) is 11.7. The molecule has 0 aromatic heterocycles. The smallest absolute Gasteiger partial charge is 0.407 e. The van der Waals surface area contributed by atoms with Gasteiger partial charge in [0.05, 0.1) is 24.8 Å². The molecule has 2 atom stereocenters. The first-order valence-electron chi connectivity index (χ1n) is 3.79. The van der Waals surface area contributed by atoms with Crippen LogP contribution in [0.15, 0.2) is 0 Å². The minimum atomic E-state index is -1.09.